The Hall–Kier alpha value is -4.09. The van der Waals surface area contributed by atoms with Gasteiger partial charge in [0.2, 0.25) is 0 Å². The molecule has 40 heavy (non-hydrogen) atoms. The van der Waals surface area contributed by atoms with E-state index in [-0.39, 0.29) is 11.2 Å². The molecule has 9 nitrogen and oxygen atoms in total. The first-order chi connectivity index (χ1) is 19.1. The highest BCUT2D eigenvalue weighted by Gasteiger charge is 2.33. The van der Waals surface area contributed by atoms with Crippen LogP contribution in [0.4, 0.5) is 5.69 Å². The van der Waals surface area contributed by atoms with E-state index in [1.54, 1.807) is 31.2 Å². The number of carbonyl (C=O) groups is 1. The minimum Gasteiger partial charge on any atom is -0.466 e. The van der Waals surface area contributed by atoms with Crippen molar-refractivity contribution in [3.63, 3.8) is 0 Å². The molecule has 4 aromatic rings. The summed E-state index contributed by atoms with van der Waals surface area (Å²) < 4.78 is 13.5. The van der Waals surface area contributed by atoms with Gasteiger partial charge in [0.1, 0.15) is 11.5 Å². The lowest BCUT2D eigenvalue weighted by Gasteiger charge is -2.24. The van der Waals surface area contributed by atoms with E-state index in [9.17, 15) is 19.7 Å². The van der Waals surface area contributed by atoms with E-state index < -0.39 is 16.9 Å². The molecular formula is C29H24BrN3O6S. The van der Waals surface area contributed by atoms with Crippen LogP contribution in [0.5, 0.6) is 0 Å². The number of non-ortho nitro benzene ring substituents is 1. The molecule has 0 radical (unpaired) electrons. The van der Waals surface area contributed by atoms with Gasteiger partial charge in [-0.25, -0.2) is 9.79 Å². The van der Waals surface area contributed by atoms with E-state index in [1.807, 2.05) is 24.3 Å². The third-order valence-corrected chi connectivity index (χ3v) is 8.31. The zero-order chi connectivity index (χ0) is 28.7. The summed E-state index contributed by atoms with van der Waals surface area (Å²) in [5.41, 5.74) is 2.99. The lowest BCUT2D eigenvalue weighted by atomic mass is 9.93. The van der Waals surface area contributed by atoms with Crippen LogP contribution in [-0.2, 0) is 9.53 Å². The van der Waals surface area contributed by atoms with Gasteiger partial charge in [-0.2, -0.15) is 0 Å². The van der Waals surface area contributed by atoms with Gasteiger partial charge in [0, 0.05) is 28.2 Å². The average Bonchev–Trinajstić information content (AvgIpc) is 3.51. The number of aromatic nitrogens is 1. The molecule has 0 spiro atoms. The Labute approximate surface area is 241 Å². The average molecular weight is 622 g/mol. The molecule has 0 saturated heterocycles. The highest BCUT2D eigenvalue weighted by molar-refractivity contribution is 9.10. The maximum atomic E-state index is 13.8. The highest BCUT2D eigenvalue weighted by Crippen LogP contribution is 2.33. The number of fused-ring (bicyclic) bond motifs is 1. The van der Waals surface area contributed by atoms with Gasteiger partial charge in [-0.05, 0) is 58.1 Å². The molecule has 0 saturated carbocycles. The molecule has 0 amide bonds. The molecule has 0 bridgehead atoms. The van der Waals surface area contributed by atoms with Crippen molar-refractivity contribution < 1.29 is 18.9 Å². The van der Waals surface area contributed by atoms with E-state index in [2.05, 4.69) is 34.8 Å². The van der Waals surface area contributed by atoms with E-state index in [4.69, 9.17) is 9.15 Å². The second kappa shape index (κ2) is 10.8. The smallest absolute Gasteiger partial charge is 0.338 e. The summed E-state index contributed by atoms with van der Waals surface area (Å²) in [6.07, 6.45) is 1.63. The first-order valence-electron chi connectivity index (χ1n) is 12.3. The first-order valence-corrected chi connectivity index (χ1v) is 13.9. The van der Waals surface area contributed by atoms with Gasteiger partial charge < -0.3 is 9.15 Å². The normalized spacial score (nSPS) is 15.2. The van der Waals surface area contributed by atoms with E-state index in [0.717, 1.165) is 11.1 Å². The molecule has 1 atom stereocenters. The van der Waals surface area contributed by atoms with Crippen LogP contribution in [0.1, 0.15) is 49.6 Å². The van der Waals surface area contributed by atoms with Gasteiger partial charge in [-0.1, -0.05) is 49.4 Å². The number of nitro groups is 1. The van der Waals surface area contributed by atoms with Crippen LogP contribution in [0.15, 0.2) is 84.5 Å². The Kier molecular flexibility index (Phi) is 7.43. The molecule has 204 valence electrons. The summed E-state index contributed by atoms with van der Waals surface area (Å²) >= 11 is 4.57. The SMILES string of the molecule is COC(=O)C1=C(C)N=c2sc(=Cc3ccc(-c4ccc([N+](=O)[O-])cc4Br)o3)c(=O)n2C1c1ccc(C(C)C)cc1. The van der Waals surface area contributed by atoms with E-state index in [1.165, 1.54) is 35.1 Å². The monoisotopic (exact) mass is 621 g/mol. The second-order valence-corrected chi connectivity index (χ2v) is 11.4. The molecule has 0 aliphatic carbocycles. The third kappa shape index (κ3) is 4.98. The maximum Gasteiger partial charge on any atom is 0.338 e. The topological polar surface area (TPSA) is 117 Å². The van der Waals surface area contributed by atoms with Crippen molar-refractivity contribution in [3.05, 3.63) is 117 Å². The summed E-state index contributed by atoms with van der Waals surface area (Å²) in [7, 11) is 1.31. The van der Waals surface area contributed by atoms with Crippen LogP contribution in [0.25, 0.3) is 17.4 Å². The Morgan fingerprint density at radius 3 is 2.55 bits per heavy atom. The number of methoxy groups -OCH3 is 1. The van der Waals surface area contributed by atoms with Gasteiger partial charge in [-0.3, -0.25) is 19.5 Å². The number of esters is 1. The fraction of sp³-hybridized carbons (Fsp3) is 0.207. The van der Waals surface area contributed by atoms with Crippen molar-refractivity contribution in [1.29, 1.82) is 0 Å². The van der Waals surface area contributed by atoms with Crippen molar-refractivity contribution in [2.75, 3.05) is 7.11 Å². The summed E-state index contributed by atoms with van der Waals surface area (Å²) in [5, 5.41) is 11.1. The van der Waals surface area contributed by atoms with Crippen LogP contribution < -0.4 is 14.9 Å². The molecule has 2 aromatic heterocycles. The number of allylic oxidation sites excluding steroid dienone is 1. The minimum atomic E-state index is -0.699. The molecule has 3 heterocycles. The Balaban J connectivity index is 1.60. The fourth-order valence-corrected chi connectivity index (χ4v) is 6.18. The number of ether oxygens (including phenoxy) is 1. The summed E-state index contributed by atoms with van der Waals surface area (Å²) in [6, 6.07) is 15.0. The number of hydrogen-bond donors (Lipinski definition) is 0. The van der Waals surface area contributed by atoms with Crippen LogP contribution in [-0.4, -0.2) is 22.6 Å². The van der Waals surface area contributed by atoms with Crippen LogP contribution in [0.2, 0.25) is 0 Å². The number of benzene rings is 2. The first kappa shape index (κ1) is 27.5. The number of nitro benzene ring substituents is 1. The summed E-state index contributed by atoms with van der Waals surface area (Å²) in [6.45, 7) is 5.93. The third-order valence-electron chi connectivity index (χ3n) is 6.67. The molecule has 2 aromatic carbocycles. The number of thiazole rings is 1. The molecule has 0 N–H and O–H groups in total. The predicted molar refractivity (Wildman–Crippen MR) is 155 cm³/mol. The number of furan rings is 1. The van der Waals surface area contributed by atoms with E-state index >= 15 is 0 Å². The quantitative estimate of drug-likeness (QED) is 0.160. The standard InChI is InChI=1S/C29H24BrN3O6S/c1-15(2)17-5-7-18(8-6-17)26-25(28(35)38-4)16(3)31-29-32(26)27(34)24(40-29)14-20-10-12-23(39-20)21-11-9-19(33(36)37)13-22(21)30/h5-15,26H,1-4H3. The van der Waals surface area contributed by atoms with Gasteiger partial charge >= 0.3 is 5.97 Å². The van der Waals surface area contributed by atoms with Crippen LogP contribution >= 0.6 is 27.3 Å². The predicted octanol–water partition coefficient (Wildman–Crippen LogP) is 5.46. The summed E-state index contributed by atoms with van der Waals surface area (Å²) in [4.78, 5) is 42.3. The second-order valence-electron chi connectivity index (χ2n) is 9.52. The molecule has 1 aliphatic heterocycles. The van der Waals surface area contributed by atoms with Crippen molar-refractivity contribution in [2.24, 2.45) is 4.99 Å². The lowest BCUT2D eigenvalue weighted by molar-refractivity contribution is -0.384. The number of carbonyl (C=O) groups excluding carboxylic acids is 1. The molecular weight excluding hydrogens is 598 g/mol. The van der Waals surface area contributed by atoms with Crippen molar-refractivity contribution in [3.8, 4) is 11.3 Å². The molecule has 1 unspecified atom stereocenters. The number of nitrogens with zero attached hydrogens (tertiary/aromatic N) is 3. The van der Waals surface area contributed by atoms with Gasteiger partial charge in [0.15, 0.2) is 4.80 Å². The Bertz CT molecular complexity index is 1860. The van der Waals surface area contributed by atoms with Crippen LogP contribution in [0.3, 0.4) is 0 Å². The Morgan fingerprint density at radius 1 is 1.20 bits per heavy atom. The van der Waals surface area contributed by atoms with Gasteiger partial charge in [0.25, 0.3) is 11.2 Å². The van der Waals surface area contributed by atoms with Crippen molar-refractivity contribution in [1.82, 2.24) is 4.57 Å². The highest BCUT2D eigenvalue weighted by atomic mass is 79.9. The van der Waals surface area contributed by atoms with E-state index in [0.29, 0.717) is 48.1 Å². The minimum absolute atomic E-state index is 0.0430. The molecule has 1 aliphatic rings. The van der Waals surface area contributed by atoms with Crippen molar-refractivity contribution >= 4 is 45.0 Å². The summed E-state index contributed by atoms with van der Waals surface area (Å²) in [5.74, 6) is 0.691. The lowest BCUT2D eigenvalue weighted by Crippen LogP contribution is -2.39. The van der Waals surface area contributed by atoms with Crippen molar-refractivity contribution in [2.45, 2.75) is 32.7 Å². The van der Waals surface area contributed by atoms with Crippen LogP contribution in [0, 0.1) is 10.1 Å². The number of halogens is 1. The zero-order valence-corrected chi connectivity index (χ0v) is 24.4. The maximum absolute atomic E-state index is 13.8. The Morgan fingerprint density at radius 2 is 1.93 bits per heavy atom. The van der Waals surface area contributed by atoms with Gasteiger partial charge in [-0.15, -0.1) is 0 Å². The molecule has 11 heteroatoms. The largest absolute Gasteiger partial charge is 0.466 e. The van der Waals surface area contributed by atoms with Gasteiger partial charge in [0.05, 0.1) is 33.9 Å². The molecule has 5 rings (SSSR count). The zero-order valence-electron chi connectivity index (χ0n) is 22.0. The molecule has 0 fully saturated rings. The fourth-order valence-electron chi connectivity index (χ4n) is 4.59. The number of hydrogen-bond acceptors (Lipinski definition) is 8. The number of rotatable bonds is 6.